The number of hydrogen-bond donors (Lipinski definition) is 8. The Morgan fingerprint density at radius 3 is 1.33 bits per heavy atom. The number of phenolic OH excluding ortho intramolecular Hbond substituents is 4. The lowest BCUT2D eigenvalue weighted by molar-refractivity contribution is -0.140. The summed E-state index contributed by atoms with van der Waals surface area (Å²) < 4.78 is 4.37. The van der Waals surface area contributed by atoms with Gasteiger partial charge in [-0.2, -0.15) is 0 Å². The van der Waals surface area contributed by atoms with Crippen LogP contribution in [0.5, 0.6) is 23.0 Å². The maximum absolute atomic E-state index is 11.9. The van der Waals surface area contributed by atoms with Gasteiger partial charge >= 0.3 is 24.1 Å². The first kappa shape index (κ1) is 24.6. The highest BCUT2D eigenvalue weighted by atomic mass is 16.6. The van der Waals surface area contributed by atoms with Crippen LogP contribution in [0, 0.1) is 0 Å². The highest BCUT2D eigenvalue weighted by Gasteiger charge is 2.26. The van der Waals surface area contributed by atoms with Gasteiger partial charge in [-0.05, 0) is 35.4 Å². The molecule has 2 rings (SSSR count). The molecule has 2 unspecified atom stereocenters. The Kier molecular flexibility index (Phi) is 7.87. The standard InChI is InChI=1S/C20H20N2O11/c23-13-3-1-9(7-15(13)25)5-11(17(27)28)21-19(31)33-20(32)22-12(18(29)30)6-10-2-4-14(24)16(26)8-10/h1-4,7-8,11-12,23-26H,5-6H2,(H,21,31)(H,22,32)(H,27,28)(H,29,30). The van der Waals surface area contributed by atoms with Gasteiger partial charge in [0.15, 0.2) is 23.0 Å². The van der Waals surface area contributed by atoms with Crippen LogP contribution in [0.1, 0.15) is 11.1 Å². The van der Waals surface area contributed by atoms with Crippen LogP contribution >= 0.6 is 0 Å². The number of alkyl carbamates (subject to hydrolysis) is 2. The molecule has 2 aromatic carbocycles. The molecule has 0 aromatic heterocycles. The normalized spacial score (nSPS) is 12.2. The zero-order valence-corrected chi connectivity index (χ0v) is 16.8. The van der Waals surface area contributed by atoms with E-state index in [9.17, 15) is 49.8 Å². The molecule has 0 bridgehead atoms. The Morgan fingerprint density at radius 1 is 0.667 bits per heavy atom. The molecule has 0 aliphatic carbocycles. The second-order valence-electron chi connectivity index (χ2n) is 6.80. The van der Waals surface area contributed by atoms with E-state index in [1.54, 1.807) is 0 Å². The first-order valence-electron chi connectivity index (χ1n) is 9.22. The van der Waals surface area contributed by atoms with E-state index < -0.39 is 59.2 Å². The summed E-state index contributed by atoms with van der Waals surface area (Å²) >= 11 is 0. The summed E-state index contributed by atoms with van der Waals surface area (Å²) in [6.45, 7) is 0. The van der Waals surface area contributed by atoms with Crippen LogP contribution in [0.2, 0.25) is 0 Å². The Hall–Kier alpha value is -4.68. The molecule has 0 aliphatic heterocycles. The maximum atomic E-state index is 11.9. The van der Waals surface area contributed by atoms with Gasteiger partial charge in [0.2, 0.25) is 0 Å². The number of rotatable bonds is 8. The maximum Gasteiger partial charge on any atom is 0.416 e. The van der Waals surface area contributed by atoms with Gasteiger partial charge in [0, 0.05) is 12.8 Å². The van der Waals surface area contributed by atoms with Crippen molar-refractivity contribution < 1.29 is 54.6 Å². The predicted octanol–water partition coefficient (Wildman–Crippen LogP) is 0.636. The minimum atomic E-state index is -1.58. The lowest BCUT2D eigenvalue weighted by Crippen LogP contribution is -2.47. The molecule has 0 saturated carbocycles. The summed E-state index contributed by atoms with van der Waals surface area (Å²) in [5.41, 5.74) is 0.482. The van der Waals surface area contributed by atoms with Crippen LogP contribution in [-0.2, 0) is 27.2 Å². The van der Waals surface area contributed by atoms with Gasteiger partial charge in [-0.25, -0.2) is 19.2 Å². The number of ether oxygens (including phenoxy) is 1. The fourth-order valence-electron chi connectivity index (χ4n) is 2.69. The van der Waals surface area contributed by atoms with Gasteiger partial charge in [0.25, 0.3) is 0 Å². The Morgan fingerprint density at radius 2 is 1.03 bits per heavy atom. The fourth-order valence-corrected chi connectivity index (χ4v) is 2.69. The van der Waals surface area contributed by atoms with E-state index >= 15 is 0 Å². The topological polar surface area (TPSA) is 223 Å². The number of carbonyl (C=O) groups is 4. The average Bonchev–Trinajstić information content (AvgIpc) is 2.72. The highest BCUT2D eigenvalue weighted by molar-refractivity contribution is 5.88. The van der Waals surface area contributed by atoms with Gasteiger partial charge in [0.05, 0.1) is 0 Å². The molecule has 33 heavy (non-hydrogen) atoms. The van der Waals surface area contributed by atoms with Crippen molar-refractivity contribution in [2.45, 2.75) is 24.9 Å². The van der Waals surface area contributed by atoms with E-state index in [0.717, 1.165) is 24.3 Å². The van der Waals surface area contributed by atoms with Crippen molar-refractivity contribution in [2.75, 3.05) is 0 Å². The number of phenols is 4. The second-order valence-corrected chi connectivity index (χ2v) is 6.80. The summed E-state index contributed by atoms with van der Waals surface area (Å²) in [4.78, 5) is 46.6. The van der Waals surface area contributed by atoms with Crippen molar-refractivity contribution in [1.29, 1.82) is 0 Å². The zero-order chi connectivity index (χ0) is 24.7. The molecule has 0 fully saturated rings. The number of carboxylic acids is 2. The van der Waals surface area contributed by atoms with Crippen LogP contribution in [-0.4, -0.2) is 66.8 Å². The Balaban J connectivity index is 1.97. The molecule has 0 spiro atoms. The summed E-state index contributed by atoms with van der Waals surface area (Å²) in [6.07, 6.45) is -3.62. The summed E-state index contributed by atoms with van der Waals surface area (Å²) in [5.74, 6) is -4.83. The van der Waals surface area contributed by atoms with Crippen molar-refractivity contribution in [2.24, 2.45) is 0 Å². The number of carboxylic acid groups (broad SMARTS) is 2. The molecular formula is C20H20N2O11. The van der Waals surface area contributed by atoms with Gasteiger partial charge in [-0.15, -0.1) is 0 Å². The SMILES string of the molecule is O=C(NC(Cc1ccc(O)c(O)c1)C(=O)O)OC(=O)NC(Cc1ccc(O)c(O)c1)C(=O)O. The molecule has 2 amide bonds. The Labute approximate surface area is 185 Å². The van der Waals surface area contributed by atoms with E-state index in [-0.39, 0.29) is 24.0 Å². The lowest BCUT2D eigenvalue weighted by Gasteiger charge is -2.16. The van der Waals surface area contributed by atoms with Crippen molar-refractivity contribution in [3.05, 3.63) is 47.5 Å². The first-order chi connectivity index (χ1) is 15.5. The minimum Gasteiger partial charge on any atom is -0.504 e. The van der Waals surface area contributed by atoms with Crippen LogP contribution in [0.25, 0.3) is 0 Å². The van der Waals surface area contributed by atoms with E-state index in [2.05, 4.69) is 4.74 Å². The van der Waals surface area contributed by atoms with Crippen molar-refractivity contribution in [1.82, 2.24) is 10.6 Å². The van der Waals surface area contributed by atoms with Crippen LogP contribution in [0.4, 0.5) is 9.59 Å². The van der Waals surface area contributed by atoms with Crippen LogP contribution < -0.4 is 10.6 Å². The molecular weight excluding hydrogens is 444 g/mol. The molecule has 13 heteroatoms. The number of nitrogens with one attached hydrogen (secondary N) is 2. The fraction of sp³-hybridized carbons (Fsp3) is 0.200. The van der Waals surface area contributed by atoms with E-state index in [0.29, 0.717) is 0 Å². The van der Waals surface area contributed by atoms with Crippen LogP contribution in [0.15, 0.2) is 36.4 Å². The third-order valence-electron chi connectivity index (χ3n) is 4.33. The average molecular weight is 464 g/mol. The molecule has 0 aliphatic rings. The summed E-state index contributed by atoms with van der Waals surface area (Å²) in [6, 6.07) is 3.87. The van der Waals surface area contributed by atoms with Gasteiger partial charge in [-0.1, -0.05) is 12.1 Å². The summed E-state index contributed by atoms with van der Waals surface area (Å²) in [5, 5.41) is 59.9. The molecule has 8 N–H and O–H groups in total. The predicted molar refractivity (Wildman–Crippen MR) is 108 cm³/mol. The van der Waals surface area contributed by atoms with E-state index in [4.69, 9.17) is 0 Å². The summed E-state index contributed by atoms with van der Waals surface area (Å²) in [7, 11) is 0. The largest absolute Gasteiger partial charge is 0.504 e. The monoisotopic (exact) mass is 464 g/mol. The molecule has 0 radical (unpaired) electrons. The first-order valence-corrected chi connectivity index (χ1v) is 9.22. The lowest BCUT2D eigenvalue weighted by atomic mass is 10.1. The number of aromatic hydroxyl groups is 4. The Bertz CT molecular complexity index is 986. The molecule has 2 aromatic rings. The number of hydrogen-bond acceptors (Lipinski definition) is 9. The third-order valence-corrected chi connectivity index (χ3v) is 4.33. The quantitative estimate of drug-likeness (QED) is 0.200. The number of benzene rings is 2. The second kappa shape index (κ2) is 10.6. The van der Waals surface area contributed by atoms with Crippen LogP contribution in [0.3, 0.4) is 0 Å². The van der Waals surface area contributed by atoms with Gasteiger partial charge in [0.1, 0.15) is 12.1 Å². The number of carbonyl (C=O) groups excluding carboxylic acids is 2. The molecule has 0 heterocycles. The molecule has 0 saturated heterocycles. The zero-order valence-electron chi connectivity index (χ0n) is 16.8. The molecule has 176 valence electrons. The highest BCUT2D eigenvalue weighted by Crippen LogP contribution is 2.26. The molecule has 13 nitrogen and oxygen atoms in total. The van der Waals surface area contributed by atoms with Gasteiger partial charge in [-0.3, -0.25) is 0 Å². The minimum absolute atomic E-state index is 0.241. The van der Waals surface area contributed by atoms with Crippen molar-refractivity contribution >= 4 is 24.1 Å². The van der Waals surface area contributed by atoms with Crippen molar-refractivity contribution in [3.63, 3.8) is 0 Å². The number of amides is 2. The van der Waals surface area contributed by atoms with Crippen molar-refractivity contribution in [3.8, 4) is 23.0 Å². The van der Waals surface area contributed by atoms with E-state index in [1.807, 2.05) is 10.6 Å². The number of aliphatic carboxylic acids is 2. The van der Waals surface area contributed by atoms with Gasteiger partial charge < -0.3 is 46.0 Å². The molecule has 2 atom stereocenters. The smallest absolute Gasteiger partial charge is 0.416 e. The van der Waals surface area contributed by atoms with E-state index in [1.165, 1.54) is 12.1 Å². The third kappa shape index (κ3) is 7.20.